The Kier molecular flexibility index (Phi) is 2.91. The smallest absolute Gasteiger partial charge is 0.115 e. The summed E-state index contributed by atoms with van der Waals surface area (Å²) >= 11 is 0. The first kappa shape index (κ1) is 13.6. The molecule has 21 heavy (non-hydrogen) atoms. The van der Waals surface area contributed by atoms with E-state index in [2.05, 4.69) is 19.9 Å². The van der Waals surface area contributed by atoms with Crippen LogP contribution < -0.4 is 0 Å². The zero-order chi connectivity index (χ0) is 14.8. The molecule has 0 amide bonds. The summed E-state index contributed by atoms with van der Waals surface area (Å²) in [6.07, 6.45) is 5.46. The monoisotopic (exact) mass is 286 g/mol. The second kappa shape index (κ2) is 4.49. The highest BCUT2D eigenvalue weighted by molar-refractivity contribution is 5.40. The Hall–Kier alpha value is -1.02. The van der Waals surface area contributed by atoms with E-state index in [4.69, 9.17) is 0 Å². The van der Waals surface area contributed by atoms with Crippen LogP contribution in [0.5, 0.6) is 5.75 Å². The number of hydrogen-bond acceptors (Lipinski definition) is 2. The van der Waals surface area contributed by atoms with Crippen LogP contribution in [0, 0.1) is 23.2 Å². The van der Waals surface area contributed by atoms with Gasteiger partial charge in [-0.3, -0.25) is 0 Å². The van der Waals surface area contributed by atoms with Crippen molar-refractivity contribution in [2.24, 2.45) is 23.2 Å². The first-order valence-corrected chi connectivity index (χ1v) is 8.48. The molecule has 0 aromatic heterocycles. The number of aromatic hydroxyl groups is 1. The van der Waals surface area contributed by atoms with Crippen LogP contribution in [0.3, 0.4) is 0 Å². The summed E-state index contributed by atoms with van der Waals surface area (Å²) in [6.45, 7) is 4.78. The van der Waals surface area contributed by atoms with Gasteiger partial charge in [0.25, 0.3) is 0 Å². The Balaban J connectivity index is 1.75. The van der Waals surface area contributed by atoms with Crippen LogP contribution in [-0.2, 0) is 6.42 Å². The minimum absolute atomic E-state index is 0.0906. The number of hydrogen-bond donors (Lipinski definition) is 2. The lowest BCUT2D eigenvalue weighted by Crippen LogP contribution is -2.43. The van der Waals surface area contributed by atoms with Gasteiger partial charge in [0.1, 0.15) is 5.75 Å². The number of aliphatic hydroxyl groups is 1. The number of phenols is 1. The third kappa shape index (κ3) is 1.95. The van der Waals surface area contributed by atoms with E-state index in [1.165, 1.54) is 24.0 Å². The lowest BCUT2D eigenvalue weighted by atomic mass is 9.53. The third-order valence-corrected chi connectivity index (χ3v) is 6.80. The van der Waals surface area contributed by atoms with Crippen LogP contribution in [0.15, 0.2) is 18.2 Å². The molecule has 6 atom stereocenters. The Bertz CT molecular complexity index is 567. The molecule has 0 bridgehead atoms. The van der Waals surface area contributed by atoms with Crippen LogP contribution in [0.4, 0.5) is 0 Å². The van der Waals surface area contributed by atoms with Gasteiger partial charge in [-0.25, -0.2) is 0 Å². The van der Waals surface area contributed by atoms with Crippen LogP contribution >= 0.6 is 0 Å². The van der Waals surface area contributed by atoms with E-state index >= 15 is 0 Å². The average molecular weight is 286 g/mol. The topological polar surface area (TPSA) is 40.5 Å². The lowest BCUT2D eigenvalue weighted by Gasteiger charge is -2.51. The van der Waals surface area contributed by atoms with Crippen LogP contribution in [0.1, 0.15) is 56.6 Å². The highest BCUT2D eigenvalue weighted by atomic mass is 16.3. The summed E-state index contributed by atoms with van der Waals surface area (Å²) in [5.74, 6) is 3.06. The van der Waals surface area contributed by atoms with Crippen molar-refractivity contribution in [1.29, 1.82) is 0 Å². The molecule has 2 heteroatoms. The van der Waals surface area contributed by atoms with Crippen molar-refractivity contribution in [2.45, 2.75) is 58.0 Å². The quantitative estimate of drug-likeness (QED) is 0.760. The summed E-state index contributed by atoms with van der Waals surface area (Å²) in [4.78, 5) is 0. The average Bonchev–Trinajstić information content (AvgIpc) is 2.72. The maximum absolute atomic E-state index is 10.2. The van der Waals surface area contributed by atoms with Gasteiger partial charge in [-0.15, -0.1) is 0 Å². The molecule has 2 saturated carbocycles. The number of aliphatic hydroxyl groups excluding tert-OH is 1. The van der Waals surface area contributed by atoms with Crippen molar-refractivity contribution in [3.05, 3.63) is 29.3 Å². The second-order valence-corrected chi connectivity index (χ2v) is 8.14. The van der Waals surface area contributed by atoms with Gasteiger partial charge in [0.2, 0.25) is 0 Å². The molecule has 0 saturated heterocycles. The van der Waals surface area contributed by atoms with Crippen molar-refractivity contribution < 1.29 is 10.2 Å². The van der Waals surface area contributed by atoms with E-state index in [1.807, 2.05) is 12.1 Å². The first-order chi connectivity index (χ1) is 9.98. The Morgan fingerprint density at radius 2 is 2.10 bits per heavy atom. The molecule has 3 aliphatic rings. The molecule has 0 spiro atoms. The molecule has 0 heterocycles. The van der Waals surface area contributed by atoms with Gasteiger partial charge < -0.3 is 10.2 Å². The van der Waals surface area contributed by atoms with Crippen molar-refractivity contribution in [3.63, 3.8) is 0 Å². The van der Waals surface area contributed by atoms with Crippen LogP contribution in [-0.4, -0.2) is 16.3 Å². The highest BCUT2D eigenvalue weighted by Gasteiger charge is 2.54. The van der Waals surface area contributed by atoms with Crippen LogP contribution in [0.25, 0.3) is 0 Å². The van der Waals surface area contributed by atoms with E-state index in [-0.39, 0.29) is 6.10 Å². The fourth-order valence-corrected chi connectivity index (χ4v) is 5.99. The summed E-state index contributed by atoms with van der Waals surface area (Å²) in [7, 11) is 0. The minimum Gasteiger partial charge on any atom is -0.508 e. The second-order valence-electron chi connectivity index (χ2n) is 8.14. The predicted molar refractivity (Wildman–Crippen MR) is 83.3 cm³/mol. The lowest BCUT2D eigenvalue weighted by molar-refractivity contribution is 0.0313. The number of phenolic OH excluding ortho intramolecular Hbond substituents is 1. The van der Waals surface area contributed by atoms with Gasteiger partial charge in [0.15, 0.2) is 0 Å². The van der Waals surface area contributed by atoms with Gasteiger partial charge in [-0.05, 0) is 84.5 Å². The molecule has 2 fully saturated rings. The highest BCUT2D eigenvalue weighted by Crippen LogP contribution is 2.62. The molecule has 1 aromatic carbocycles. The summed E-state index contributed by atoms with van der Waals surface area (Å²) in [5, 5.41) is 20.0. The van der Waals surface area contributed by atoms with Gasteiger partial charge in [-0.2, -0.15) is 0 Å². The largest absolute Gasteiger partial charge is 0.508 e. The number of fused-ring (bicyclic) bond motifs is 5. The number of benzene rings is 1. The molecule has 4 unspecified atom stereocenters. The molecule has 4 rings (SSSR count). The molecule has 2 N–H and O–H groups in total. The zero-order valence-corrected chi connectivity index (χ0v) is 13.0. The molecule has 114 valence electrons. The fraction of sp³-hybridized carbons (Fsp3) is 0.684. The van der Waals surface area contributed by atoms with Crippen molar-refractivity contribution in [1.82, 2.24) is 0 Å². The maximum Gasteiger partial charge on any atom is 0.115 e. The number of rotatable bonds is 0. The Morgan fingerprint density at radius 1 is 1.29 bits per heavy atom. The Morgan fingerprint density at radius 3 is 2.90 bits per heavy atom. The van der Waals surface area contributed by atoms with Crippen molar-refractivity contribution in [2.75, 3.05) is 0 Å². The van der Waals surface area contributed by atoms with E-state index in [0.717, 1.165) is 19.3 Å². The standard InChI is InChI=1S/C19H26O2/c1-11-7-12-8-13(20)3-4-15(12)16-5-6-19(2)10-14(21)9-17(19)18(11)16/h3-4,8,11,14,16-18,20-21H,5-7,9-10H2,1-2H3/t11-,14?,16?,17?,18?,19-/m1/s1. The minimum atomic E-state index is -0.0906. The van der Waals surface area contributed by atoms with E-state index in [9.17, 15) is 10.2 Å². The molecule has 3 aliphatic carbocycles. The molecule has 0 aliphatic heterocycles. The Labute approximate surface area is 127 Å². The molecule has 0 radical (unpaired) electrons. The van der Waals surface area contributed by atoms with Crippen molar-refractivity contribution >= 4 is 0 Å². The molecular formula is C19H26O2. The first-order valence-electron chi connectivity index (χ1n) is 8.48. The van der Waals surface area contributed by atoms with E-state index in [0.29, 0.717) is 34.8 Å². The van der Waals surface area contributed by atoms with Crippen molar-refractivity contribution in [3.8, 4) is 5.75 Å². The summed E-state index contributed by atoms with van der Waals surface area (Å²) < 4.78 is 0. The molecular weight excluding hydrogens is 260 g/mol. The van der Waals surface area contributed by atoms with Crippen LogP contribution in [0.2, 0.25) is 0 Å². The van der Waals surface area contributed by atoms with Gasteiger partial charge >= 0.3 is 0 Å². The third-order valence-electron chi connectivity index (χ3n) is 6.80. The van der Waals surface area contributed by atoms with Gasteiger partial charge in [-0.1, -0.05) is 19.9 Å². The van der Waals surface area contributed by atoms with E-state index < -0.39 is 0 Å². The summed E-state index contributed by atoms with van der Waals surface area (Å²) in [6, 6.07) is 5.98. The summed E-state index contributed by atoms with van der Waals surface area (Å²) in [5.41, 5.74) is 3.17. The zero-order valence-electron chi connectivity index (χ0n) is 13.0. The van der Waals surface area contributed by atoms with Gasteiger partial charge in [0.05, 0.1) is 6.10 Å². The maximum atomic E-state index is 10.2. The SMILES string of the molecule is C[C@@H]1Cc2cc(O)ccc2C2CC[C@]3(C)CC(O)CC3C21. The normalized spacial score (nSPS) is 44.8. The molecule has 2 nitrogen and oxygen atoms in total. The fourth-order valence-electron chi connectivity index (χ4n) is 5.99. The van der Waals surface area contributed by atoms with Gasteiger partial charge in [0, 0.05) is 0 Å². The molecule has 1 aromatic rings. The predicted octanol–water partition coefficient (Wildman–Crippen LogP) is 3.86. The van der Waals surface area contributed by atoms with E-state index in [1.54, 1.807) is 0 Å².